The highest BCUT2D eigenvalue weighted by Gasteiger charge is 2.08. The Morgan fingerprint density at radius 2 is 2.45 bits per heavy atom. The van der Waals surface area contributed by atoms with Gasteiger partial charge in [-0.15, -0.1) is 0 Å². The van der Waals surface area contributed by atoms with Crippen LogP contribution in [0.25, 0.3) is 0 Å². The lowest BCUT2D eigenvalue weighted by Gasteiger charge is -2.03. The van der Waals surface area contributed by atoms with Gasteiger partial charge in [0, 0.05) is 26.3 Å². The zero-order chi connectivity index (χ0) is 8.27. The van der Waals surface area contributed by atoms with Gasteiger partial charge in [0.1, 0.15) is 0 Å². The van der Waals surface area contributed by atoms with Crippen LogP contribution in [-0.2, 0) is 7.05 Å². The van der Waals surface area contributed by atoms with E-state index in [9.17, 15) is 5.11 Å². The monoisotopic (exact) mass is 156 g/mol. The van der Waals surface area contributed by atoms with Crippen LogP contribution in [0.5, 0.6) is 0 Å². The molecular weight excluding hydrogens is 144 g/mol. The molecule has 1 aromatic heterocycles. The summed E-state index contributed by atoms with van der Waals surface area (Å²) in [5.41, 5.74) is 0.613. The highest BCUT2D eigenvalue weighted by atomic mass is 16.3. The molecule has 0 unspecified atom stereocenters. The highest BCUT2D eigenvalue weighted by molar-refractivity contribution is 5.02. The summed E-state index contributed by atoms with van der Waals surface area (Å²) in [6.07, 6.45) is 1.47. The van der Waals surface area contributed by atoms with Crippen molar-refractivity contribution in [3.05, 3.63) is 18.0 Å². The maximum Gasteiger partial charge on any atom is 0.1000 e. The van der Waals surface area contributed by atoms with Crippen LogP contribution in [0.15, 0.2) is 12.3 Å². The van der Waals surface area contributed by atoms with Crippen molar-refractivity contribution in [3.63, 3.8) is 0 Å². The fourth-order valence-corrected chi connectivity index (χ4v) is 0.881. The van der Waals surface area contributed by atoms with Gasteiger partial charge in [0.05, 0.1) is 11.8 Å². The molecule has 0 radical (unpaired) electrons. The first-order valence-electron chi connectivity index (χ1n) is 3.52. The number of aliphatic hydroxyl groups excluding tert-OH is 2. The molecule has 0 spiro atoms. The van der Waals surface area contributed by atoms with Crippen LogP contribution in [-0.4, -0.2) is 26.6 Å². The Morgan fingerprint density at radius 1 is 1.73 bits per heavy atom. The SMILES string of the molecule is Cn1ccc([C@@H](O)CCO)n1. The molecule has 0 amide bonds. The van der Waals surface area contributed by atoms with Crippen molar-refractivity contribution in [1.29, 1.82) is 0 Å². The topological polar surface area (TPSA) is 58.3 Å². The van der Waals surface area contributed by atoms with Gasteiger partial charge in [-0.2, -0.15) is 5.10 Å². The molecular formula is C7H12N2O2. The van der Waals surface area contributed by atoms with Gasteiger partial charge in [-0.05, 0) is 6.07 Å². The van der Waals surface area contributed by atoms with E-state index in [2.05, 4.69) is 5.10 Å². The summed E-state index contributed by atoms with van der Waals surface area (Å²) in [5, 5.41) is 21.8. The number of hydrogen-bond donors (Lipinski definition) is 2. The zero-order valence-corrected chi connectivity index (χ0v) is 6.44. The number of nitrogens with zero attached hydrogens (tertiary/aromatic N) is 2. The first-order chi connectivity index (χ1) is 5.24. The second kappa shape index (κ2) is 3.50. The van der Waals surface area contributed by atoms with Gasteiger partial charge >= 0.3 is 0 Å². The van der Waals surface area contributed by atoms with Gasteiger partial charge in [-0.1, -0.05) is 0 Å². The number of aliphatic hydroxyl groups is 2. The van der Waals surface area contributed by atoms with Crippen molar-refractivity contribution >= 4 is 0 Å². The minimum Gasteiger partial charge on any atom is -0.396 e. The predicted molar refractivity (Wildman–Crippen MR) is 39.9 cm³/mol. The van der Waals surface area contributed by atoms with Crippen molar-refractivity contribution in [2.45, 2.75) is 12.5 Å². The van der Waals surface area contributed by atoms with Crippen molar-refractivity contribution in [2.75, 3.05) is 6.61 Å². The molecule has 0 aliphatic carbocycles. The summed E-state index contributed by atoms with van der Waals surface area (Å²) in [6.45, 7) is -0.0161. The van der Waals surface area contributed by atoms with Gasteiger partial charge in [0.2, 0.25) is 0 Å². The summed E-state index contributed by atoms with van der Waals surface area (Å²) >= 11 is 0. The quantitative estimate of drug-likeness (QED) is 0.639. The Kier molecular flexibility index (Phi) is 2.62. The third-order valence-corrected chi connectivity index (χ3v) is 1.48. The second-order valence-electron chi connectivity index (χ2n) is 2.44. The lowest BCUT2D eigenvalue weighted by molar-refractivity contribution is 0.130. The summed E-state index contributed by atoms with van der Waals surface area (Å²) in [7, 11) is 1.79. The van der Waals surface area contributed by atoms with Gasteiger partial charge in [-0.25, -0.2) is 0 Å². The standard InChI is InChI=1S/C7H12N2O2/c1-9-4-2-6(8-9)7(11)3-5-10/h2,4,7,10-11H,3,5H2,1H3/t7-/m0/s1. The van der Waals surface area contributed by atoms with E-state index in [-0.39, 0.29) is 6.61 Å². The maximum absolute atomic E-state index is 9.30. The molecule has 11 heavy (non-hydrogen) atoms. The van der Waals surface area contributed by atoms with E-state index in [1.807, 2.05) is 0 Å². The van der Waals surface area contributed by atoms with Crippen molar-refractivity contribution < 1.29 is 10.2 Å². The molecule has 0 saturated carbocycles. The molecule has 2 N–H and O–H groups in total. The average molecular weight is 156 g/mol. The summed E-state index contributed by atoms with van der Waals surface area (Å²) < 4.78 is 1.62. The lowest BCUT2D eigenvalue weighted by atomic mass is 10.2. The van der Waals surface area contributed by atoms with Crippen molar-refractivity contribution in [2.24, 2.45) is 7.05 Å². The van der Waals surface area contributed by atoms with E-state index >= 15 is 0 Å². The Labute approximate surface area is 65.1 Å². The van der Waals surface area contributed by atoms with Gasteiger partial charge in [0.25, 0.3) is 0 Å². The molecule has 1 atom stereocenters. The fraction of sp³-hybridized carbons (Fsp3) is 0.571. The third kappa shape index (κ3) is 2.03. The Hall–Kier alpha value is -0.870. The normalized spacial score (nSPS) is 13.4. The van der Waals surface area contributed by atoms with E-state index in [1.165, 1.54) is 0 Å². The molecule has 1 aromatic rings. The van der Waals surface area contributed by atoms with Crippen molar-refractivity contribution in [3.8, 4) is 0 Å². The molecule has 0 bridgehead atoms. The van der Waals surface area contributed by atoms with Gasteiger partial charge < -0.3 is 10.2 Å². The smallest absolute Gasteiger partial charge is 0.1000 e. The van der Waals surface area contributed by atoms with Crippen LogP contribution in [0.4, 0.5) is 0 Å². The van der Waals surface area contributed by atoms with E-state index < -0.39 is 6.10 Å². The Bertz CT molecular complexity index is 222. The molecule has 62 valence electrons. The zero-order valence-electron chi connectivity index (χ0n) is 6.44. The number of rotatable bonds is 3. The van der Waals surface area contributed by atoms with Gasteiger partial charge in [0.15, 0.2) is 0 Å². The van der Waals surface area contributed by atoms with Crippen LogP contribution in [0.1, 0.15) is 18.2 Å². The number of hydrogen-bond acceptors (Lipinski definition) is 3. The third-order valence-electron chi connectivity index (χ3n) is 1.48. The predicted octanol–water partition coefficient (Wildman–Crippen LogP) is -0.164. The minimum atomic E-state index is -0.638. The molecule has 0 saturated heterocycles. The largest absolute Gasteiger partial charge is 0.396 e. The van der Waals surface area contributed by atoms with Crippen molar-refractivity contribution in [1.82, 2.24) is 9.78 Å². The summed E-state index contributed by atoms with van der Waals surface area (Å²) in [4.78, 5) is 0. The molecule has 0 aliphatic heterocycles. The van der Waals surface area contributed by atoms with Crippen LogP contribution >= 0.6 is 0 Å². The first kappa shape index (κ1) is 8.23. The molecule has 0 aromatic carbocycles. The summed E-state index contributed by atoms with van der Waals surface area (Å²) in [6, 6.07) is 1.74. The molecule has 4 heteroatoms. The number of aromatic nitrogens is 2. The van der Waals surface area contributed by atoms with Crippen LogP contribution in [0, 0.1) is 0 Å². The van der Waals surface area contributed by atoms with Crippen LogP contribution < -0.4 is 0 Å². The average Bonchev–Trinajstić information content (AvgIpc) is 2.36. The van der Waals surface area contributed by atoms with Crippen LogP contribution in [0.3, 0.4) is 0 Å². The van der Waals surface area contributed by atoms with E-state index in [4.69, 9.17) is 5.11 Å². The Morgan fingerprint density at radius 3 is 2.91 bits per heavy atom. The maximum atomic E-state index is 9.30. The second-order valence-corrected chi connectivity index (χ2v) is 2.44. The molecule has 0 aliphatic rings. The van der Waals surface area contributed by atoms with E-state index in [1.54, 1.807) is 24.0 Å². The van der Waals surface area contributed by atoms with Crippen LogP contribution in [0.2, 0.25) is 0 Å². The molecule has 0 fully saturated rings. The highest BCUT2D eigenvalue weighted by Crippen LogP contribution is 2.12. The first-order valence-corrected chi connectivity index (χ1v) is 3.52. The summed E-state index contributed by atoms with van der Waals surface area (Å²) in [5.74, 6) is 0. The molecule has 4 nitrogen and oxygen atoms in total. The molecule has 1 rings (SSSR count). The van der Waals surface area contributed by atoms with E-state index in [0.29, 0.717) is 12.1 Å². The Balaban J connectivity index is 2.60. The number of aryl methyl sites for hydroxylation is 1. The lowest BCUT2D eigenvalue weighted by Crippen LogP contribution is -2.01. The van der Waals surface area contributed by atoms with E-state index in [0.717, 1.165) is 0 Å². The fourth-order valence-electron chi connectivity index (χ4n) is 0.881. The van der Waals surface area contributed by atoms with Gasteiger partial charge in [-0.3, -0.25) is 4.68 Å². The molecule has 1 heterocycles. The minimum absolute atomic E-state index is 0.0161.